The fraction of sp³-hybridized carbons (Fsp3) is 0.250. The van der Waals surface area contributed by atoms with Crippen molar-refractivity contribution in [2.75, 3.05) is 0 Å². The summed E-state index contributed by atoms with van der Waals surface area (Å²) >= 11 is 0. The Labute approximate surface area is 85.4 Å². The minimum Gasteiger partial charge on any atom is -0.478 e. The predicted molar refractivity (Wildman–Crippen MR) is 49.6 cm³/mol. The Morgan fingerprint density at radius 2 is 2.33 bits per heavy atom. The zero-order chi connectivity index (χ0) is 11.3. The summed E-state index contributed by atoms with van der Waals surface area (Å²) in [6.07, 6.45) is 3.22. The molecule has 0 fully saturated rings. The zero-order valence-corrected chi connectivity index (χ0v) is 8.04. The van der Waals surface area contributed by atoms with E-state index in [4.69, 9.17) is 5.11 Å². The molecule has 0 aliphatic carbocycles. The lowest BCUT2D eigenvalue weighted by atomic mass is 10.4. The Hall–Kier alpha value is -2.18. The van der Waals surface area contributed by atoms with Crippen LogP contribution in [-0.4, -0.2) is 31.7 Å². The number of hydrogen-bond donors (Lipinski definition) is 2. The minimum absolute atomic E-state index is 0.208. The van der Waals surface area contributed by atoms with Gasteiger partial charge in [-0.2, -0.15) is 0 Å². The van der Waals surface area contributed by atoms with Crippen molar-refractivity contribution >= 4 is 11.9 Å². The summed E-state index contributed by atoms with van der Waals surface area (Å²) in [5.41, 5.74) is 0. The highest BCUT2D eigenvalue weighted by molar-refractivity contribution is 5.93. The van der Waals surface area contributed by atoms with Gasteiger partial charge in [0.15, 0.2) is 5.82 Å². The van der Waals surface area contributed by atoms with Crippen LogP contribution in [0.3, 0.4) is 0 Å². The molecule has 0 spiro atoms. The molecule has 0 aliphatic heterocycles. The number of rotatable bonds is 4. The van der Waals surface area contributed by atoms with Crippen LogP contribution in [0.15, 0.2) is 18.5 Å². The second kappa shape index (κ2) is 4.89. The third kappa shape index (κ3) is 3.59. The van der Waals surface area contributed by atoms with Crippen molar-refractivity contribution < 1.29 is 14.7 Å². The molecule has 1 aromatic rings. The first kappa shape index (κ1) is 10.9. The van der Waals surface area contributed by atoms with Gasteiger partial charge in [-0.15, -0.1) is 10.2 Å². The number of carbonyl (C=O) groups excluding carboxylic acids is 1. The molecule has 0 saturated heterocycles. The van der Waals surface area contributed by atoms with E-state index in [0.717, 1.165) is 12.2 Å². The molecule has 2 N–H and O–H groups in total. The highest BCUT2D eigenvalue weighted by Crippen LogP contribution is 1.89. The van der Waals surface area contributed by atoms with E-state index in [2.05, 4.69) is 15.5 Å². The van der Waals surface area contributed by atoms with Gasteiger partial charge in [0.25, 0.3) is 0 Å². The molecule has 0 bridgehead atoms. The van der Waals surface area contributed by atoms with E-state index >= 15 is 0 Å². The molecule has 1 amide bonds. The average molecular weight is 210 g/mol. The molecule has 80 valence electrons. The van der Waals surface area contributed by atoms with Crippen molar-refractivity contribution in [3.05, 3.63) is 24.3 Å². The summed E-state index contributed by atoms with van der Waals surface area (Å²) in [7, 11) is 1.74. The summed E-state index contributed by atoms with van der Waals surface area (Å²) in [5.74, 6) is -1.06. The number of carboxylic acids is 1. The van der Waals surface area contributed by atoms with Gasteiger partial charge in [0.1, 0.15) is 6.33 Å². The number of amides is 1. The molecule has 15 heavy (non-hydrogen) atoms. The van der Waals surface area contributed by atoms with E-state index in [1.54, 1.807) is 11.6 Å². The Kier molecular flexibility index (Phi) is 3.55. The van der Waals surface area contributed by atoms with Gasteiger partial charge < -0.3 is 15.0 Å². The molecule has 0 aliphatic rings. The van der Waals surface area contributed by atoms with Crippen molar-refractivity contribution in [2.45, 2.75) is 6.54 Å². The van der Waals surface area contributed by atoms with Crippen LogP contribution in [0.5, 0.6) is 0 Å². The van der Waals surface area contributed by atoms with Gasteiger partial charge in [0.05, 0.1) is 6.54 Å². The maximum atomic E-state index is 11.0. The fourth-order valence-electron chi connectivity index (χ4n) is 0.839. The van der Waals surface area contributed by atoms with Crippen LogP contribution in [0.4, 0.5) is 0 Å². The fourth-order valence-corrected chi connectivity index (χ4v) is 0.839. The average Bonchev–Trinajstić information content (AvgIpc) is 2.58. The molecular formula is C8H10N4O3. The van der Waals surface area contributed by atoms with Crippen LogP contribution in [0.1, 0.15) is 5.82 Å². The maximum absolute atomic E-state index is 11.0. The Balaban J connectivity index is 2.41. The number of aliphatic carboxylic acids is 1. The second-order valence-electron chi connectivity index (χ2n) is 2.75. The normalized spacial score (nSPS) is 10.5. The van der Waals surface area contributed by atoms with Gasteiger partial charge in [-0.3, -0.25) is 4.79 Å². The van der Waals surface area contributed by atoms with Crippen LogP contribution in [-0.2, 0) is 23.2 Å². The first-order valence-corrected chi connectivity index (χ1v) is 4.11. The topological polar surface area (TPSA) is 97.1 Å². The highest BCUT2D eigenvalue weighted by Gasteiger charge is 2.01. The number of hydrogen-bond acceptors (Lipinski definition) is 4. The summed E-state index contributed by atoms with van der Waals surface area (Å²) in [6, 6.07) is 0. The van der Waals surface area contributed by atoms with Gasteiger partial charge >= 0.3 is 5.97 Å². The predicted octanol–water partition coefficient (Wildman–Crippen LogP) is -0.928. The smallest absolute Gasteiger partial charge is 0.328 e. The number of aromatic nitrogens is 3. The van der Waals surface area contributed by atoms with Crippen molar-refractivity contribution in [1.82, 2.24) is 20.1 Å². The van der Waals surface area contributed by atoms with Crippen LogP contribution in [0.2, 0.25) is 0 Å². The Morgan fingerprint density at radius 1 is 1.60 bits per heavy atom. The third-order valence-electron chi connectivity index (χ3n) is 1.60. The molecule has 0 atom stereocenters. The van der Waals surface area contributed by atoms with E-state index < -0.39 is 11.9 Å². The summed E-state index contributed by atoms with van der Waals surface area (Å²) in [6.45, 7) is 0.208. The molecule has 0 saturated carbocycles. The van der Waals surface area contributed by atoms with Crippen molar-refractivity contribution in [3.8, 4) is 0 Å². The first-order chi connectivity index (χ1) is 7.09. The molecule has 1 heterocycles. The Morgan fingerprint density at radius 3 is 2.87 bits per heavy atom. The molecule has 7 nitrogen and oxygen atoms in total. The minimum atomic E-state index is -1.16. The highest BCUT2D eigenvalue weighted by atomic mass is 16.4. The number of nitrogens with one attached hydrogen (secondary N) is 1. The quantitative estimate of drug-likeness (QED) is 0.626. The Bertz CT molecular complexity index is 396. The molecule has 1 rings (SSSR count). The second-order valence-corrected chi connectivity index (χ2v) is 2.75. The van der Waals surface area contributed by atoms with Crippen molar-refractivity contribution in [2.24, 2.45) is 7.05 Å². The third-order valence-corrected chi connectivity index (χ3v) is 1.60. The summed E-state index contributed by atoms with van der Waals surface area (Å²) in [5, 5.41) is 18.1. The molecular weight excluding hydrogens is 200 g/mol. The lowest BCUT2D eigenvalue weighted by Crippen LogP contribution is -2.22. The SMILES string of the molecule is Cn1cnnc1CNC(=O)/C=C/C(=O)O. The molecule has 1 aromatic heterocycles. The van der Waals surface area contributed by atoms with Crippen LogP contribution >= 0.6 is 0 Å². The van der Waals surface area contributed by atoms with Crippen LogP contribution < -0.4 is 5.32 Å². The maximum Gasteiger partial charge on any atom is 0.328 e. The number of carbonyl (C=O) groups is 2. The molecule has 7 heteroatoms. The summed E-state index contributed by atoms with van der Waals surface area (Å²) in [4.78, 5) is 21.1. The van der Waals surface area contributed by atoms with E-state index in [-0.39, 0.29) is 6.54 Å². The first-order valence-electron chi connectivity index (χ1n) is 4.11. The van der Waals surface area contributed by atoms with Gasteiger partial charge in [0, 0.05) is 19.2 Å². The monoisotopic (exact) mass is 210 g/mol. The van der Waals surface area contributed by atoms with Gasteiger partial charge in [-0.1, -0.05) is 0 Å². The molecule has 0 aromatic carbocycles. The molecule has 0 unspecified atom stereocenters. The standard InChI is InChI=1S/C8H10N4O3/c1-12-5-10-11-6(12)4-9-7(13)2-3-8(14)15/h2-3,5H,4H2,1H3,(H,9,13)(H,14,15)/b3-2+. The number of nitrogens with zero attached hydrogens (tertiary/aromatic N) is 3. The largest absolute Gasteiger partial charge is 0.478 e. The van der Waals surface area contributed by atoms with Gasteiger partial charge in [-0.05, 0) is 0 Å². The number of aryl methyl sites for hydroxylation is 1. The van der Waals surface area contributed by atoms with E-state index in [1.807, 2.05) is 0 Å². The van der Waals surface area contributed by atoms with E-state index in [9.17, 15) is 9.59 Å². The lowest BCUT2D eigenvalue weighted by molar-refractivity contribution is -0.131. The van der Waals surface area contributed by atoms with E-state index in [0.29, 0.717) is 5.82 Å². The van der Waals surface area contributed by atoms with Crippen LogP contribution in [0, 0.1) is 0 Å². The van der Waals surface area contributed by atoms with E-state index in [1.165, 1.54) is 6.33 Å². The van der Waals surface area contributed by atoms with Crippen LogP contribution in [0.25, 0.3) is 0 Å². The van der Waals surface area contributed by atoms with Gasteiger partial charge in [0.2, 0.25) is 5.91 Å². The van der Waals surface area contributed by atoms with Crippen molar-refractivity contribution in [3.63, 3.8) is 0 Å². The van der Waals surface area contributed by atoms with Gasteiger partial charge in [-0.25, -0.2) is 4.79 Å². The lowest BCUT2D eigenvalue weighted by Gasteiger charge is -2.00. The van der Waals surface area contributed by atoms with Crippen molar-refractivity contribution in [1.29, 1.82) is 0 Å². The summed E-state index contributed by atoms with van der Waals surface area (Å²) < 4.78 is 1.65. The zero-order valence-electron chi connectivity index (χ0n) is 8.04. The molecule has 0 radical (unpaired) electrons. The number of carboxylic acid groups (broad SMARTS) is 1.